The van der Waals surface area contributed by atoms with Crippen LogP contribution in [0.5, 0.6) is 0 Å². The first-order valence-corrected chi connectivity index (χ1v) is 3.77. The van der Waals surface area contributed by atoms with Gasteiger partial charge in [0.25, 0.3) is 0 Å². The fourth-order valence-electron chi connectivity index (χ4n) is 1.04. The molecule has 1 aromatic rings. The summed E-state index contributed by atoms with van der Waals surface area (Å²) in [7, 11) is 0. The van der Waals surface area contributed by atoms with Crippen LogP contribution in [-0.4, -0.2) is 33.2 Å². The van der Waals surface area contributed by atoms with Crippen LogP contribution in [0.25, 0.3) is 0 Å². The first kappa shape index (κ1) is 14.1. The molecule has 0 spiro atoms. The molecule has 85 valence electrons. The monoisotopic (exact) mass is 265 g/mol. The second-order valence-electron chi connectivity index (χ2n) is 2.68. The normalized spacial score (nSPS) is 9.00. The van der Waals surface area contributed by atoms with Crippen molar-refractivity contribution in [3.8, 4) is 0 Å². The van der Waals surface area contributed by atoms with E-state index < -0.39 is 29.0 Å². The van der Waals surface area contributed by atoms with Gasteiger partial charge in [-0.1, -0.05) is 0 Å². The van der Waals surface area contributed by atoms with Crippen LogP contribution in [-0.2, 0) is 17.1 Å². The Morgan fingerprint density at radius 3 is 1.69 bits per heavy atom. The maximum Gasteiger partial charge on any atom is 0.336 e. The number of aromatic carboxylic acids is 3. The summed E-state index contributed by atoms with van der Waals surface area (Å²) in [4.78, 5) is 31.8. The van der Waals surface area contributed by atoms with Gasteiger partial charge in [0.1, 0.15) is 0 Å². The van der Waals surface area contributed by atoms with Crippen LogP contribution >= 0.6 is 0 Å². The number of carbonyl (C=O) groups is 3. The van der Waals surface area contributed by atoms with Gasteiger partial charge in [-0.25, -0.2) is 14.4 Å². The second kappa shape index (κ2) is 5.29. The van der Waals surface area contributed by atoms with E-state index >= 15 is 0 Å². The van der Waals surface area contributed by atoms with Gasteiger partial charge in [-0.15, -0.1) is 0 Å². The molecule has 0 unspecified atom stereocenters. The molecule has 0 aliphatic carbocycles. The van der Waals surface area contributed by atoms with Crippen LogP contribution in [0.1, 0.15) is 31.1 Å². The fourth-order valence-corrected chi connectivity index (χ4v) is 1.04. The molecule has 1 aromatic carbocycles. The number of carboxylic acid groups (broad SMARTS) is 3. The molecule has 7 heteroatoms. The smallest absolute Gasteiger partial charge is 0.336 e. The third kappa shape index (κ3) is 2.82. The average Bonchev–Trinajstić information content (AvgIpc) is 2.16. The number of benzene rings is 1. The number of carboxylic acids is 3. The van der Waals surface area contributed by atoms with Gasteiger partial charge in [0.15, 0.2) is 0 Å². The van der Waals surface area contributed by atoms with E-state index in [1.54, 1.807) is 0 Å². The summed E-state index contributed by atoms with van der Waals surface area (Å²) in [5.74, 6) is -4.20. The molecule has 16 heavy (non-hydrogen) atoms. The van der Waals surface area contributed by atoms with Gasteiger partial charge < -0.3 is 15.3 Å². The van der Waals surface area contributed by atoms with E-state index in [4.69, 9.17) is 15.3 Å². The largest absolute Gasteiger partial charge is 0.478 e. The summed E-state index contributed by atoms with van der Waals surface area (Å²) >= 11 is 0. The molecular formula is C9H6MnO6. The molecule has 0 aromatic heterocycles. The van der Waals surface area contributed by atoms with Crippen molar-refractivity contribution in [3.63, 3.8) is 0 Å². The molecule has 0 bridgehead atoms. The summed E-state index contributed by atoms with van der Waals surface area (Å²) < 4.78 is 0. The van der Waals surface area contributed by atoms with E-state index in [0.717, 1.165) is 18.2 Å². The summed E-state index contributed by atoms with van der Waals surface area (Å²) in [5, 5.41) is 25.9. The van der Waals surface area contributed by atoms with Gasteiger partial charge in [0.05, 0.1) is 16.7 Å². The Hall–Kier alpha value is -1.85. The van der Waals surface area contributed by atoms with Crippen molar-refractivity contribution < 1.29 is 46.8 Å². The molecule has 0 fully saturated rings. The number of hydrogen-bond acceptors (Lipinski definition) is 3. The second-order valence-corrected chi connectivity index (χ2v) is 2.68. The Balaban J connectivity index is 0.00000225. The number of rotatable bonds is 3. The van der Waals surface area contributed by atoms with E-state index in [1.165, 1.54) is 0 Å². The van der Waals surface area contributed by atoms with Gasteiger partial charge in [-0.3, -0.25) is 0 Å². The predicted octanol–water partition coefficient (Wildman–Crippen LogP) is 0.779. The van der Waals surface area contributed by atoms with Crippen molar-refractivity contribution in [1.29, 1.82) is 0 Å². The quantitative estimate of drug-likeness (QED) is 0.696. The molecule has 0 saturated carbocycles. The summed E-state index contributed by atoms with van der Waals surface area (Å²) in [6.45, 7) is 0. The minimum absolute atomic E-state index is 0. The SMILES string of the molecule is O=C(O)c1ccc(C(=O)O)c(C(=O)O)c1.[Mn]. The molecule has 6 nitrogen and oxygen atoms in total. The standard InChI is InChI=1S/C9H6O6.Mn/c10-7(11)4-1-2-5(8(12)13)6(3-4)9(14)15;/h1-3H,(H,10,11)(H,12,13)(H,14,15);. The molecule has 0 amide bonds. The zero-order valence-corrected chi connectivity index (χ0v) is 8.86. The maximum atomic E-state index is 10.6. The van der Waals surface area contributed by atoms with E-state index in [-0.39, 0.29) is 22.6 Å². The van der Waals surface area contributed by atoms with Crippen LogP contribution < -0.4 is 0 Å². The average molecular weight is 265 g/mol. The van der Waals surface area contributed by atoms with Crippen LogP contribution in [0.15, 0.2) is 18.2 Å². The van der Waals surface area contributed by atoms with E-state index in [9.17, 15) is 14.4 Å². The van der Waals surface area contributed by atoms with Crippen molar-refractivity contribution in [2.75, 3.05) is 0 Å². The van der Waals surface area contributed by atoms with E-state index in [0.29, 0.717) is 0 Å². The summed E-state index contributed by atoms with van der Waals surface area (Å²) in [6.07, 6.45) is 0. The first-order chi connectivity index (χ1) is 6.93. The molecule has 1 rings (SSSR count). The minimum Gasteiger partial charge on any atom is -0.478 e. The Bertz CT molecular complexity index is 453. The summed E-state index contributed by atoms with van der Waals surface area (Å²) in [5.41, 5.74) is -1.24. The number of hydrogen-bond donors (Lipinski definition) is 3. The Morgan fingerprint density at radius 2 is 1.31 bits per heavy atom. The molecule has 0 saturated heterocycles. The Morgan fingerprint density at radius 1 is 0.812 bits per heavy atom. The van der Waals surface area contributed by atoms with Gasteiger partial charge in [0, 0.05) is 17.1 Å². The van der Waals surface area contributed by atoms with Crippen LogP contribution in [0.2, 0.25) is 0 Å². The first-order valence-electron chi connectivity index (χ1n) is 3.77. The van der Waals surface area contributed by atoms with Crippen molar-refractivity contribution in [3.05, 3.63) is 34.9 Å². The van der Waals surface area contributed by atoms with Gasteiger partial charge in [-0.05, 0) is 18.2 Å². The van der Waals surface area contributed by atoms with Crippen LogP contribution in [0.4, 0.5) is 0 Å². The van der Waals surface area contributed by atoms with Crippen molar-refractivity contribution in [2.24, 2.45) is 0 Å². The van der Waals surface area contributed by atoms with Crippen LogP contribution in [0, 0.1) is 0 Å². The fraction of sp³-hybridized carbons (Fsp3) is 0. The van der Waals surface area contributed by atoms with E-state index in [2.05, 4.69) is 0 Å². The van der Waals surface area contributed by atoms with Gasteiger partial charge in [0.2, 0.25) is 0 Å². The van der Waals surface area contributed by atoms with E-state index in [1.807, 2.05) is 0 Å². The molecule has 0 atom stereocenters. The molecule has 1 radical (unpaired) electrons. The molecule has 0 heterocycles. The zero-order valence-electron chi connectivity index (χ0n) is 7.68. The maximum absolute atomic E-state index is 10.6. The molecule has 3 N–H and O–H groups in total. The Labute approximate surface area is 100.0 Å². The Kier molecular flexibility index (Phi) is 4.68. The minimum atomic E-state index is -1.48. The molecular weight excluding hydrogens is 259 g/mol. The summed E-state index contributed by atoms with van der Waals surface area (Å²) in [6, 6.07) is 2.81. The van der Waals surface area contributed by atoms with Crippen molar-refractivity contribution in [2.45, 2.75) is 0 Å². The molecule has 0 aliphatic heterocycles. The topological polar surface area (TPSA) is 112 Å². The van der Waals surface area contributed by atoms with Gasteiger partial charge >= 0.3 is 17.9 Å². The van der Waals surface area contributed by atoms with Gasteiger partial charge in [-0.2, -0.15) is 0 Å². The van der Waals surface area contributed by atoms with Crippen LogP contribution in [0.3, 0.4) is 0 Å². The molecule has 0 aliphatic rings. The van der Waals surface area contributed by atoms with Crippen molar-refractivity contribution in [1.82, 2.24) is 0 Å². The zero-order chi connectivity index (χ0) is 11.6. The van der Waals surface area contributed by atoms with Crippen molar-refractivity contribution >= 4 is 17.9 Å². The predicted molar refractivity (Wildman–Crippen MR) is 47.3 cm³/mol. The third-order valence-electron chi connectivity index (χ3n) is 1.73. The third-order valence-corrected chi connectivity index (χ3v) is 1.73.